The first-order chi connectivity index (χ1) is 18.0. The van der Waals surface area contributed by atoms with Crippen LogP contribution in [0.1, 0.15) is 43.3 Å². The first-order valence-electron chi connectivity index (χ1n) is 12.6. The molecule has 0 spiro atoms. The summed E-state index contributed by atoms with van der Waals surface area (Å²) in [6.45, 7) is 7.61. The highest BCUT2D eigenvalue weighted by Crippen LogP contribution is 2.34. The van der Waals surface area contributed by atoms with Crippen molar-refractivity contribution in [2.24, 2.45) is 0 Å². The molecule has 0 N–H and O–H groups in total. The lowest BCUT2D eigenvalue weighted by atomic mass is 9.97. The van der Waals surface area contributed by atoms with E-state index in [-0.39, 0.29) is 6.10 Å². The van der Waals surface area contributed by atoms with Crippen LogP contribution in [-0.4, -0.2) is 71.4 Å². The van der Waals surface area contributed by atoms with Gasteiger partial charge in [0.25, 0.3) is 0 Å². The van der Waals surface area contributed by atoms with Crippen molar-refractivity contribution in [3.63, 3.8) is 0 Å². The van der Waals surface area contributed by atoms with Crippen molar-refractivity contribution in [1.29, 1.82) is 5.26 Å². The molecule has 4 aromatic rings. The minimum Gasteiger partial charge on any atom is -0.469 e. The van der Waals surface area contributed by atoms with E-state index in [4.69, 9.17) is 21.6 Å². The van der Waals surface area contributed by atoms with E-state index in [1.165, 1.54) is 0 Å². The van der Waals surface area contributed by atoms with Crippen molar-refractivity contribution in [1.82, 2.24) is 39.2 Å². The minimum atomic E-state index is -0.282. The fourth-order valence-electron chi connectivity index (χ4n) is 5.35. The largest absolute Gasteiger partial charge is 0.469 e. The van der Waals surface area contributed by atoms with Gasteiger partial charge < -0.3 is 9.64 Å². The van der Waals surface area contributed by atoms with E-state index in [1.807, 2.05) is 46.8 Å². The predicted octanol–water partition coefficient (Wildman–Crippen LogP) is 3.89. The number of hydrogen-bond donors (Lipinski definition) is 0. The van der Waals surface area contributed by atoms with Crippen molar-refractivity contribution >= 4 is 17.2 Å². The minimum absolute atomic E-state index is 0.282. The summed E-state index contributed by atoms with van der Waals surface area (Å²) in [7, 11) is 0. The molecule has 1 atom stereocenters. The molecule has 6 heterocycles. The molecule has 10 nitrogen and oxygen atoms in total. The molecule has 11 heteroatoms. The Hall–Kier alpha value is -3.68. The quantitative estimate of drug-likeness (QED) is 0.355. The molecule has 6 rings (SSSR count). The van der Waals surface area contributed by atoms with Gasteiger partial charge in [0.2, 0.25) is 5.88 Å². The molecule has 0 aromatic carbocycles. The molecule has 37 heavy (non-hydrogen) atoms. The Labute approximate surface area is 220 Å². The summed E-state index contributed by atoms with van der Waals surface area (Å²) < 4.78 is 10.2. The molecule has 2 saturated heterocycles. The molecule has 0 aliphatic carbocycles. The average molecular weight is 518 g/mol. The van der Waals surface area contributed by atoms with Gasteiger partial charge in [-0.2, -0.15) is 5.26 Å². The Kier molecular flexibility index (Phi) is 6.18. The summed E-state index contributed by atoms with van der Waals surface area (Å²) >= 11 is 6.45. The lowest BCUT2D eigenvalue weighted by Crippen LogP contribution is -2.55. The standard InChI is InChI=1S/C26H28ClN9O/c1-17-26(31-32-36(17)21-14-34(15-21)20-6-9-33(16-28)10-7-20)19-11-24-30-13-23(27)35(24)25(12-19)37-18(2)22-5-3-4-8-29-22/h3-5,8,11-13,18,20-21H,6-7,9-10,14-15H2,1-2H3. The van der Waals surface area contributed by atoms with E-state index >= 15 is 0 Å². The topological polar surface area (TPSA) is 100 Å². The van der Waals surface area contributed by atoms with Crippen LogP contribution in [0.4, 0.5) is 0 Å². The van der Waals surface area contributed by atoms with Crippen LogP contribution < -0.4 is 4.74 Å². The number of ether oxygens (including phenoxy) is 1. The average Bonchev–Trinajstić information content (AvgIpc) is 3.46. The van der Waals surface area contributed by atoms with E-state index in [1.54, 1.807) is 16.8 Å². The number of fused-ring (bicyclic) bond motifs is 1. The Bertz CT molecular complexity index is 1450. The second-order valence-corrected chi connectivity index (χ2v) is 10.2. The highest BCUT2D eigenvalue weighted by atomic mass is 35.5. The second kappa shape index (κ2) is 9.65. The summed E-state index contributed by atoms with van der Waals surface area (Å²) in [6.07, 6.45) is 7.42. The van der Waals surface area contributed by atoms with E-state index in [2.05, 4.69) is 38.3 Å². The van der Waals surface area contributed by atoms with Crippen molar-refractivity contribution in [3.05, 3.63) is 59.3 Å². The monoisotopic (exact) mass is 517 g/mol. The van der Waals surface area contributed by atoms with E-state index < -0.39 is 0 Å². The number of likely N-dealkylation sites (tertiary alicyclic amines) is 2. The summed E-state index contributed by atoms with van der Waals surface area (Å²) in [4.78, 5) is 13.2. The lowest BCUT2D eigenvalue weighted by Gasteiger charge is -2.46. The molecule has 1 unspecified atom stereocenters. The zero-order valence-corrected chi connectivity index (χ0v) is 21.6. The molecule has 0 amide bonds. The molecule has 2 fully saturated rings. The van der Waals surface area contributed by atoms with Gasteiger partial charge in [-0.15, -0.1) is 5.10 Å². The van der Waals surface area contributed by atoms with Crippen molar-refractivity contribution in [2.45, 2.75) is 44.9 Å². The summed E-state index contributed by atoms with van der Waals surface area (Å²) in [6, 6.07) is 10.5. The van der Waals surface area contributed by atoms with Crippen LogP contribution in [0.5, 0.6) is 5.88 Å². The molecular weight excluding hydrogens is 490 g/mol. The van der Waals surface area contributed by atoms with Gasteiger partial charge in [0, 0.05) is 50.0 Å². The van der Waals surface area contributed by atoms with Gasteiger partial charge in [-0.25, -0.2) is 9.67 Å². The first kappa shape index (κ1) is 23.7. The number of aromatic nitrogens is 6. The number of pyridine rings is 2. The van der Waals surface area contributed by atoms with Crippen molar-refractivity contribution in [3.8, 4) is 23.3 Å². The predicted molar refractivity (Wildman–Crippen MR) is 138 cm³/mol. The zero-order valence-electron chi connectivity index (χ0n) is 20.8. The van der Waals surface area contributed by atoms with E-state index in [0.717, 1.165) is 61.7 Å². The molecule has 190 valence electrons. The van der Waals surface area contributed by atoms with Crippen LogP contribution in [0.3, 0.4) is 0 Å². The summed E-state index contributed by atoms with van der Waals surface area (Å²) in [5.41, 5.74) is 4.19. The highest BCUT2D eigenvalue weighted by molar-refractivity contribution is 6.29. The molecular formula is C26H28ClN9O. The molecule has 0 saturated carbocycles. The van der Waals surface area contributed by atoms with Crippen LogP contribution in [0.25, 0.3) is 16.9 Å². The summed E-state index contributed by atoms with van der Waals surface area (Å²) in [5.74, 6) is 0.570. The fraction of sp³-hybridized carbons (Fsp3) is 0.423. The Morgan fingerprint density at radius 1 is 1.14 bits per heavy atom. The smallest absolute Gasteiger partial charge is 0.201 e. The Morgan fingerprint density at radius 2 is 1.95 bits per heavy atom. The Morgan fingerprint density at radius 3 is 2.68 bits per heavy atom. The van der Waals surface area contributed by atoms with E-state index in [9.17, 15) is 0 Å². The third-order valence-corrected chi connectivity index (χ3v) is 7.76. The van der Waals surface area contributed by atoms with Crippen LogP contribution >= 0.6 is 11.6 Å². The number of nitriles is 1. The second-order valence-electron chi connectivity index (χ2n) is 9.77. The van der Waals surface area contributed by atoms with Crippen molar-refractivity contribution in [2.75, 3.05) is 26.2 Å². The number of halogens is 1. The van der Waals surface area contributed by atoms with Gasteiger partial charge in [0.1, 0.15) is 22.6 Å². The molecule has 2 aliphatic rings. The normalized spacial score (nSPS) is 18.1. The molecule has 2 aliphatic heterocycles. The first-order valence-corrected chi connectivity index (χ1v) is 12.9. The number of nitrogens with zero attached hydrogens (tertiary/aromatic N) is 9. The SMILES string of the molecule is Cc1c(-c2cc(OC(C)c3ccccn3)n3c(Cl)cnc3c2)nnn1C1CN(C2CCN(C#N)CC2)C1. The zero-order chi connectivity index (χ0) is 25.5. The highest BCUT2D eigenvalue weighted by Gasteiger charge is 2.36. The van der Waals surface area contributed by atoms with Crippen LogP contribution in [-0.2, 0) is 0 Å². The van der Waals surface area contributed by atoms with Crippen LogP contribution in [0.2, 0.25) is 5.15 Å². The fourth-order valence-corrected chi connectivity index (χ4v) is 5.57. The van der Waals surface area contributed by atoms with Crippen LogP contribution in [0, 0.1) is 18.4 Å². The lowest BCUT2D eigenvalue weighted by molar-refractivity contribution is 0.0265. The van der Waals surface area contributed by atoms with Crippen molar-refractivity contribution < 1.29 is 4.74 Å². The van der Waals surface area contributed by atoms with Gasteiger partial charge in [0.15, 0.2) is 6.19 Å². The maximum absolute atomic E-state index is 9.10. The number of rotatable bonds is 6. The summed E-state index contributed by atoms with van der Waals surface area (Å²) in [5, 5.41) is 18.7. The maximum Gasteiger partial charge on any atom is 0.201 e. The number of hydrogen-bond acceptors (Lipinski definition) is 8. The number of imidazole rings is 1. The van der Waals surface area contributed by atoms with Gasteiger partial charge in [-0.3, -0.25) is 14.3 Å². The van der Waals surface area contributed by atoms with Gasteiger partial charge >= 0.3 is 0 Å². The number of piperidine rings is 1. The Balaban J connectivity index is 1.23. The molecule has 4 aromatic heterocycles. The van der Waals surface area contributed by atoms with Gasteiger partial charge in [-0.05, 0) is 44.9 Å². The third-order valence-electron chi connectivity index (χ3n) is 7.49. The van der Waals surface area contributed by atoms with E-state index in [0.29, 0.717) is 28.8 Å². The van der Waals surface area contributed by atoms with Gasteiger partial charge in [-0.1, -0.05) is 22.9 Å². The maximum atomic E-state index is 9.10. The van der Waals surface area contributed by atoms with Gasteiger partial charge in [0.05, 0.1) is 23.6 Å². The molecule has 0 radical (unpaired) electrons. The third kappa shape index (κ3) is 4.38. The van der Waals surface area contributed by atoms with Crippen LogP contribution in [0.15, 0.2) is 42.7 Å². The molecule has 0 bridgehead atoms.